The first-order chi connectivity index (χ1) is 9.02. The smallest absolute Gasteiger partial charge is 0.326 e. The number of benzene rings is 1. The van der Waals surface area contributed by atoms with E-state index in [1.807, 2.05) is 32.0 Å². The highest BCUT2D eigenvalue weighted by Gasteiger charge is 2.14. The summed E-state index contributed by atoms with van der Waals surface area (Å²) in [7, 11) is 0. The molecule has 0 amide bonds. The Balaban J connectivity index is 2.34. The van der Waals surface area contributed by atoms with Crippen molar-refractivity contribution in [3.05, 3.63) is 38.7 Å². The highest BCUT2D eigenvalue weighted by atomic mass is 79.9. The van der Waals surface area contributed by atoms with Crippen molar-refractivity contribution in [2.24, 2.45) is 5.73 Å². The van der Waals surface area contributed by atoms with Crippen molar-refractivity contribution in [3.63, 3.8) is 0 Å². The third-order valence-corrected chi connectivity index (χ3v) is 4.59. The van der Waals surface area contributed by atoms with Gasteiger partial charge in [0, 0.05) is 22.0 Å². The highest BCUT2D eigenvalue weighted by Crippen LogP contribution is 2.33. The molecule has 0 spiro atoms. The van der Waals surface area contributed by atoms with Gasteiger partial charge in [0.15, 0.2) is 5.16 Å². The quantitative estimate of drug-likeness (QED) is 0.894. The second-order valence-corrected chi connectivity index (χ2v) is 6.21. The number of nitrogens with zero attached hydrogens (tertiary/aromatic N) is 2. The van der Waals surface area contributed by atoms with Crippen LogP contribution in [0, 0.1) is 0 Å². The van der Waals surface area contributed by atoms with Crippen molar-refractivity contribution >= 4 is 27.7 Å². The molecule has 0 aliphatic rings. The summed E-state index contributed by atoms with van der Waals surface area (Å²) < 4.78 is 2.58. The molecule has 0 aliphatic heterocycles. The van der Waals surface area contributed by atoms with Crippen LogP contribution in [0.3, 0.4) is 0 Å². The van der Waals surface area contributed by atoms with Gasteiger partial charge in [0.1, 0.15) is 0 Å². The molecule has 1 aromatic carbocycles. The van der Waals surface area contributed by atoms with Crippen LogP contribution in [-0.2, 0) is 6.54 Å². The minimum absolute atomic E-state index is 0.0656. The van der Waals surface area contributed by atoms with Crippen LogP contribution >= 0.6 is 27.7 Å². The van der Waals surface area contributed by atoms with Crippen LogP contribution in [0.25, 0.3) is 0 Å². The van der Waals surface area contributed by atoms with E-state index in [1.165, 1.54) is 11.8 Å². The number of nitrogens with one attached hydrogen (secondary N) is 1. The van der Waals surface area contributed by atoms with Crippen molar-refractivity contribution in [1.29, 1.82) is 0 Å². The van der Waals surface area contributed by atoms with Crippen LogP contribution in [0.2, 0.25) is 0 Å². The molecule has 0 saturated carbocycles. The monoisotopic (exact) mass is 342 g/mol. The summed E-state index contributed by atoms with van der Waals surface area (Å²) in [6.45, 7) is 4.41. The predicted molar refractivity (Wildman–Crippen MR) is 79.4 cm³/mol. The minimum atomic E-state index is -0.188. The minimum Gasteiger partial charge on any atom is -0.326 e. The fraction of sp³-hybridized carbons (Fsp3) is 0.333. The maximum absolute atomic E-state index is 11.7. The summed E-state index contributed by atoms with van der Waals surface area (Å²) in [6, 6.07) is 5.99. The average molecular weight is 343 g/mol. The first-order valence-corrected chi connectivity index (χ1v) is 7.47. The standard InChI is InChI=1S/C12H15BrN4OS/c1-7(2)17-11(18)15-16-12(17)19-10-4-3-8(6-14)5-9(10)13/h3-5,7H,6,14H2,1-2H3,(H,15,18). The summed E-state index contributed by atoms with van der Waals surface area (Å²) in [4.78, 5) is 12.7. The van der Waals surface area contributed by atoms with Crippen LogP contribution in [-0.4, -0.2) is 14.8 Å². The van der Waals surface area contributed by atoms with Gasteiger partial charge in [0.2, 0.25) is 0 Å². The molecule has 102 valence electrons. The first-order valence-electron chi connectivity index (χ1n) is 5.86. The van der Waals surface area contributed by atoms with Gasteiger partial charge in [-0.25, -0.2) is 9.89 Å². The number of hydrogen-bond donors (Lipinski definition) is 2. The van der Waals surface area contributed by atoms with E-state index in [-0.39, 0.29) is 11.7 Å². The molecule has 0 radical (unpaired) electrons. The number of nitrogens with two attached hydrogens (primary N) is 1. The molecule has 19 heavy (non-hydrogen) atoms. The van der Waals surface area contributed by atoms with Crippen LogP contribution in [0.1, 0.15) is 25.5 Å². The molecule has 0 saturated heterocycles. The maximum atomic E-state index is 11.7. The predicted octanol–water partition coefficient (Wildman–Crippen LogP) is 2.52. The van der Waals surface area contributed by atoms with Gasteiger partial charge in [-0.3, -0.25) is 4.57 Å². The van der Waals surface area contributed by atoms with Crippen LogP contribution in [0.4, 0.5) is 0 Å². The lowest BCUT2D eigenvalue weighted by Crippen LogP contribution is -2.19. The summed E-state index contributed by atoms with van der Waals surface area (Å²) in [5.74, 6) is 0. The topological polar surface area (TPSA) is 76.7 Å². The lowest BCUT2D eigenvalue weighted by atomic mass is 10.2. The fourth-order valence-electron chi connectivity index (χ4n) is 1.67. The fourth-order valence-corrected chi connectivity index (χ4v) is 3.31. The van der Waals surface area contributed by atoms with Crippen molar-refractivity contribution in [2.45, 2.75) is 36.5 Å². The van der Waals surface area contributed by atoms with E-state index < -0.39 is 0 Å². The average Bonchev–Trinajstić information content (AvgIpc) is 2.73. The SMILES string of the molecule is CC(C)n1c(Sc2ccc(CN)cc2Br)n[nH]c1=O. The first kappa shape index (κ1) is 14.4. The van der Waals surface area contributed by atoms with Crippen molar-refractivity contribution in [1.82, 2.24) is 14.8 Å². The zero-order valence-electron chi connectivity index (χ0n) is 10.7. The van der Waals surface area contributed by atoms with E-state index in [9.17, 15) is 4.79 Å². The summed E-state index contributed by atoms with van der Waals surface area (Å²) in [6.07, 6.45) is 0. The second-order valence-electron chi connectivity index (χ2n) is 4.35. The van der Waals surface area contributed by atoms with E-state index in [4.69, 9.17) is 5.73 Å². The van der Waals surface area contributed by atoms with E-state index in [2.05, 4.69) is 26.1 Å². The van der Waals surface area contributed by atoms with Gasteiger partial charge in [-0.1, -0.05) is 6.07 Å². The lowest BCUT2D eigenvalue weighted by molar-refractivity contribution is 0.534. The number of rotatable bonds is 4. The number of aromatic amines is 1. The van der Waals surface area contributed by atoms with Crippen LogP contribution in [0.15, 0.2) is 37.5 Å². The molecule has 0 aliphatic carbocycles. The van der Waals surface area contributed by atoms with E-state index in [0.29, 0.717) is 11.7 Å². The molecule has 0 unspecified atom stereocenters. The lowest BCUT2D eigenvalue weighted by Gasteiger charge is -2.09. The summed E-state index contributed by atoms with van der Waals surface area (Å²) in [5, 5.41) is 7.19. The molecule has 0 fully saturated rings. The van der Waals surface area contributed by atoms with Crippen LogP contribution in [0.5, 0.6) is 0 Å². The Morgan fingerprint density at radius 3 is 2.84 bits per heavy atom. The maximum Gasteiger partial charge on any atom is 0.344 e. The zero-order chi connectivity index (χ0) is 14.0. The Hall–Kier alpha value is -1.05. The van der Waals surface area contributed by atoms with Crippen molar-refractivity contribution in [3.8, 4) is 0 Å². The largest absolute Gasteiger partial charge is 0.344 e. The molecule has 5 nitrogen and oxygen atoms in total. The Morgan fingerprint density at radius 1 is 1.53 bits per heavy atom. The van der Waals surface area contributed by atoms with E-state index in [0.717, 1.165) is 14.9 Å². The van der Waals surface area contributed by atoms with Crippen LogP contribution < -0.4 is 11.4 Å². The van der Waals surface area contributed by atoms with Gasteiger partial charge in [-0.15, -0.1) is 5.10 Å². The molecule has 1 aromatic heterocycles. The molecule has 2 aromatic rings. The Bertz CT molecular complexity index is 635. The van der Waals surface area contributed by atoms with Gasteiger partial charge in [0.25, 0.3) is 0 Å². The molecule has 0 bridgehead atoms. The Morgan fingerprint density at radius 2 is 2.26 bits per heavy atom. The van der Waals surface area contributed by atoms with Gasteiger partial charge in [-0.05, 0) is 59.2 Å². The van der Waals surface area contributed by atoms with Gasteiger partial charge >= 0.3 is 5.69 Å². The second kappa shape index (κ2) is 5.94. The Kier molecular flexibility index (Phi) is 4.49. The molecule has 0 atom stereocenters. The third-order valence-electron chi connectivity index (χ3n) is 2.62. The number of H-pyrrole nitrogens is 1. The molecule has 3 N–H and O–H groups in total. The summed E-state index contributed by atoms with van der Waals surface area (Å²) >= 11 is 4.95. The molecule has 7 heteroatoms. The third kappa shape index (κ3) is 3.10. The van der Waals surface area contributed by atoms with Crippen molar-refractivity contribution in [2.75, 3.05) is 0 Å². The van der Waals surface area contributed by atoms with E-state index in [1.54, 1.807) is 4.57 Å². The number of aromatic nitrogens is 3. The zero-order valence-corrected chi connectivity index (χ0v) is 13.1. The normalized spacial score (nSPS) is 11.2. The van der Waals surface area contributed by atoms with Crippen molar-refractivity contribution < 1.29 is 0 Å². The number of hydrogen-bond acceptors (Lipinski definition) is 4. The highest BCUT2D eigenvalue weighted by molar-refractivity contribution is 9.10. The number of halogens is 1. The Labute approximate surface area is 123 Å². The molecular weight excluding hydrogens is 328 g/mol. The summed E-state index contributed by atoms with van der Waals surface area (Å²) in [5.41, 5.74) is 6.47. The molecule has 2 rings (SSSR count). The van der Waals surface area contributed by atoms with E-state index >= 15 is 0 Å². The van der Waals surface area contributed by atoms with Gasteiger partial charge in [-0.2, -0.15) is 0 Å². The molecule has 1 heterocycles. The van der Waals surface area contributed by atoms with Gasteiger partial charge in [0.05, 0.1) is 0 Å². The molecular formula is C12H15BrN4OS. The van der Waals surface area contributed by atoms with Gasteiger partial charge < -0.3 is 5.73 Å².